The molecule has 1 aliphatic rings. The van der Waals surface area contributed by atoms with Crippen LogP contribution in [0.2, 0.25) is 5.15 Å². The van der Waals surface area contributed by atoms with E-state index in [0.29, 0.717) is 23.7 Å². The van der Waals surface area contributed by atoms with Crippen molar-refractivity contribution in [2.75, 3.05) is 18.9 Å². The zero-order chi connectivity index (χ0) is 16.3. The van der Waals surface area contributed by atoms with Gasteiger partial charge in [-0.3, -0.25) is 0 Å². The van der Waals surface area contributed by atoms with E-state index < -0.39 is 6.17 Å². The molecule has 122 valence electrons. The topological polar surface area (TPSA) is 78.3 Å². The Bertz CT molecular complexity index is 634. The van der Waals surface area contributed by atoms with Gasteiger partial charge in [0.05, 0.1) is 12.8 Å². The fraction of sp³-hybridized carbons (Fsp3) is 0.643. The minimum Gasteiger partial charge on any atom is -0.378 e. The highest BCUT2D eigenvalue weighted by Crippen LogP contribution is 2.25. The molecule has 0 saturated carbocycles. The van der Waals surface area contributed by atoms with Crippen molar-refractivity contribution in [3.63, 3.8) is 0 Å². The molecule has 0 aromatic carbocycles. The van der Waals surface area contributed by atoms with Gasteiger partial charge in [0.2, 0.25) is 5.95 Å². The van der Waals surface area contributed by atoms with E-state index in [-0.39, 0.29) is 11.4 Å². The third kappa shape index (κ3) is 4.04. The average molecular weight is 330 g/mol. The third-order valence-electron chi connectivity index (χ3n) is 3.14. The number of nitrogen functional groups attached to an aromatic ring is 1. The van der Waals surface area contributed by atoms with E-state index in [1.807, 2.05) is 20.8 Å². The van der Waals surface area contributed by atoms with Crippen LogP contribution in [-0.2, 0) is 10.2 Å². The summed E-state index contributed by atoms with van der Waals surface area (Å²) >= 11 is 5.98. The summed E-state index contributed by atoms with van der Waals surface area (Å²) in [5.41, 5.74) is 6.07. The Kier molecular flexibility index (Phi) is 5.18. The largest absolute Gasteiger partial charge is 0.378 e. The molecule has 2 N–H and O–H groups in total. The first-order valence-corrected chi connectivity index (χ1v) is 7.56. The second kappa shape index (κ2) is 6.75. The van der Waals surface area contributed by atoms with Crippen LogP contribution in [0.25, 0.3) is 5.52 Å². The predicted octanol–water partition coefficient (Wildman–Crippen LogP) is 2.79. The van der Waals surface area contributed by atoms with Gasteiger partial charge < -0.3 is 10.5 Å². The first-order chi connectivity index (χ1) is 10.3. The second-order valence-electron chi connectivity index (χ2n) is 6.20. The Hall–Kier alpha value is -1.47. The molecule has 1 saturated heterocycles. The first kappa shape index (κ1) is 16.9. The molecule has 3 heterocycles. The van der Waals surface area contributed by atoms with Crippen LogP contribution >= 0.6 is 11.6 Å². The van der Waals surface area contributed by atoms with Gasteiger partial charge in [0, 0.05) is 12.0 Å². The Morgan fingerprint density at radius 2 is 2.18 bits per heavy atom. The monoisotopic (exact) mass is 329 g/mol. The Labute approximate surface area is 133 Å². The van der Waals surface area contributed by atoms with Crippen LogP contribution < -0.4 is 5.73 Å². The number of fused-ring (bicyclic) bond motifs is 1. The van der Waals surface area contributed by atoms with Gasteiger partial charge in [0.25, 0.3) is 0 Å². The number of aromatic nitrogens is 4. The summed E-state index contributed by atoms with van der Waals surface area (Å²) in [6, 6.07) is 0. The van der Waals surface area contributed by atoms with Gasteiger partial charge in [-0.15, -0.1) is 5.10 Å². The fourth-order valence-corrected chi connectivity index (χ4v) is 2.26. The second-order valence-corrected chi connectivity index (χ2v) is 6.56. The lowest BCUT2D eigenvalue weighted by Gasteiger charge is -2.15. The summed E-state index contributed by atoms with van der Waals surface area (Å²) in [5, 5.41) is 4.50. The van der Waals surface area contributed by atoms with Gasteiger partial charge in [-0.1, -0.05) is 32.4 Å². The lowest BCUT2D eigenvalue weighted by atomic mass is 9.96. The van der Waals surface area contributed by atoms with E-state index >= 15 is 0 Å². The number of rotatable bonds is 0. The van der Waals surface area contributed by atoms with E-state index in [4.69, 9.17) is 22.1 Å². The van der Waals surface area contributed by atoms with Gasteiger partial charge in [0.15, 0.2) is 5.15 Å². The van der Waals surface area contributed by atoms with Crippen molar-refractivity contribution in [2.24, 2.45) is 0 Å². The molecule has 0 spiro atoms. The molecule has 2 aromatic heterocycles. The standard InChI is InChI=1S/C9H12ClN5.C5H9FO/c1-9(2,3)7-13-6(10)5-4-12-8(11)14-15(5)7;6-5-2-1-3-7-4-5/h4H,1-3H3,(H2,11,14);5H,1-4H2. The first-order valence-electron chi connectivity index (χ1n) is 7.18. The van der Waals surface area contributed by atoms with Crippen LogP contribution in [-0.4, -0.2) is 39.0 Å². The van der Waals surface area contributed by atoms with Gasteiger partial charge in [0.1, 0.15) is 17.5 Å². The lowest BCUT2D eigenvalue weighted by Crippen LogP contribution is -2.17. The normalized spacial score (nSPS) is 18.9. The average Bonchev–Trinajstić information content (AvgIpc) is 2.77. The number of ether oxygens (including phenoxy) is 1. The number of alkyl halides is 1. The van der Waals surface area contributed by atoms with Gasteiger partial charge in [-0.2, -0.15) is 0 Å². The summed E-state index contributed by atoms with van der Waals surface area (Å²) < 4.78 is 18.5. The fourth-order valence-electron chi connectivity index (χ4n) is 2.05. The minimum absolute atomic E-state index is 0.142. The molecule has 8 heteroatoms. The van der Waals surface area contributed by atoms with Crippen LogP contribution in [0, 0.1) is 0 Å². The molecular formula is C14H21ClFN5O. The minimum atomic E-state index is -0.686. The molecule has 0 aliphatic carbocycles. The number of hydrogen-bond donors (Lipinski definition) is 1. The van der Waals surface area contributed by atoms with Crippen molar-refractivity contribution in [3.8, 4) is 0 Å². The van der Waals surface area contributed by atoms with Crippen molar-refractivity contribution in [1.82, 2.24) is 19.6 Å². The lowest BCUT2D eigenvalue weighted by molar-refractivity contribution is 0.0366. The highest BCUT2D eigenvalue weighted by Gasteiger charge is 2.23. The highest BCUT2D eigenvalue weighted by atomic mass is 35.5. The zero-order valence-electron chi connectivity index (χ0n) is 13.0. The maximum Gasteiger partial charge on any atom is 0.238 e. The van der Waals surface area contributed by atoms with Crippen LogP contribution in [0.4, 0.5) is 10.3 Å². The maximum atomic E-state index is 12.1. The number of hydrogen-bond acceptors (Lipinski definition) is 5. The number of nitrogens with two attached hydrogens (primary N) is 1. The summed E-state index contributed by atoms with van der Waals surface area (Å²) in [6.45, 7) is 7.18. The van der Waals surface area contributed by atoms with E-state index in [9.17, 15) is 4.39 Å². The maximum absolute atomic E-state index is 12.1. The molecule has 1 aliphatic heterocycles. The van der Waals surface area contributed by atoms with Gasteiger partial charge in [-0.05, 0) is 12.8 Å². The molecule has 0 bridgehead atoms. The van der Waals surface area contributed by atoms with Crippen molar-refractivity contribution in [3.05, 3.63) is 17.2 Å². The van der Waals surface area contributed by atoms with E-state index in [0.717, 1.165) is 18.9 Å². The Balaban J connectivity index is 0.000000211. The molecule has 0 radical (unpaired) electrons. The summed E-state index contributed by atoms with van der Waals surface area (Å²) in [6.07, 6.45) is 2.47. The van der Waals surface area contributed by atoms with E-state index in [1.165, 1.54) is 0 Å². The van der Waals surface area contributed by atoms with Crippen LogP contribution in [0.15, 0.2) is 6.20 Å². The van der Waals surface area contributed by atoms with Crippen LogP contribution in [0.1, 0.15) is 39.4 Å². The summed E-state index contributed by atoms with van der Waals surface area (Å²) in [7, 11) is 0. The quantitative estimate of drug-likeness (QED) is 0.804. The predicted molar refractivity (Wildman–Crippen MR) is 83.9 cm³/mol. The molecule has 3 rings (SSSR count). The van der Waals surface area contributed by atoms with E-state index in [1.54, 1.807) is 10.7 Å². The van der Waals surface area contributed by atoms with Crippen molar-refractivity contribution in [2.45, 2.75) is 45.2 Å². The third-order valence-corrected chi connectivity index (χ3v) is 3.42. The van der Waals surface area contributed by atoms with Crippen molar-refractivity contribution >= 4 is 23.1 Å². The highest BCUT2D eigenvalue weighted by molar-refractivity contribution is 6.32. The Morgan fingerprint density at radius 3 is 2.68 bits per heavy atom. The smallest absolute Gasteiger partial charge is 0.238 e. The SMILES string of the molecule is CC(C)(C)c1nc(Cl)c2cnc(N)nn12.FC1CCCOC1. The molecular weight excluding hydrogens is 309 g/mol. The van der Waals surface area contributed by atoms with Crippen molar-refractivity contribution in [1.29, 1.82) is 0 Å². The van der Waals surface area contributed by atoms with Gasteiger partial charge >= 0.3 is 0 Å². The van der Waals surface area contributed by atoms with Crippen molar-refractivity contribution < 1.29 is 9.13 Å². The number of anilines is 1. The number of halogens is 2. The van der Waals surface area contributed by atoms with Gasteiger partial charge in [-0.25, -0.2) is 18.9 Å². The van der Waals surface area contributed by atoms with E-state index in [2.05, 4.69) is 15.1 Å². The molecule has 2 aromatic rings. The number of imidazole rings is 1. The molecule has 1 atom stereocenters. The van der Waals surface area contributed by atoms with Crippen LogP contribution in [0.3, 0.4) is 0 Å². The summed E-state index contributed by atoms with van der Waals surface area (Å²) in [4.78, 5) is 8.16. The molecule has 6 nitrogen and oxygen atoms in total. The Morgan fingerprint density at radius 1 is 1.45 bits per heavy atom. The molecule has 1 unspecified atom stereocenters. The summed E-state index contributed by atoms with van der Waals surface area (Å²) in [5.74, 6) is 0.985. The molecule has 1 fully saturated rings. The zero-order valence-corrected chi connectivity index (χ0v) is 13.8. The molecule has 0 amide bonds. The molecule has 22 heavy (non-hydrogen) atoms. The number of nitrogens with zero attached hydrogens (tertiary/aromatic N) is 4. The van der Waals surface area contributed by atoms with Crippen LogP contribution in [0.5, 0.6) is 0 Å².